The van der Waals surface area contributed by atoms with E-state index in [-0.39, 0.29) is 12.0 Å². The Balaban J connectivity index is 1.59. The Hall–Kier alpha value is -1.88. The Kier molecular flexibility index (Phi) is 4.98. The summed E-state index contributed by atoms with van der Waals surface area (Å²) in [5, 5.41) is 0. The van der Waals surface area contributed by atoms with Crippen LogP contribution >= 0.6 is 0 Å². The third kappa shape index (κ3) is 3.37. The molecule has 0 saturated carbocycles. The van der Waals surface area contributed by atoms with Crippen molar-refractivity contribution < 1.29 is 14.3 Å². The molecular formula is C21H28N2O3. The molecule has 0 unspecified atom stereocenters. The fourth-order valence-electron chi connectivity index (χ4n) is 5.37. The predicted octanol–water partition coefficient (Wildman–Crippen LogP) is 2.10. The average molecular weight is 356 g/mol. The van der Waals surface area contributed by atoms with Gasteiger partial charge in [0.25, 0.3) is 0 Å². The van der Waals surface area contributed by atoms with Gasteiger partial charge >= 0.3 is 5.97 Å². The molecule has 26 heavy (non-hydrogen) atoms. The molecule has 0 aliphatic carbocycles. The molecule has 140 valence electrons. The molecule has 4 atom stereocenters. The van der Waals surface area contributed by atoms with E-state index >= 15 is 0 Å². The quantitative estimate of drug-likeness (QED) is 0.776. The molecule has 5 heteroatoms. The normalized spacial score (nSPS) is 31.4. The summed E-state index contributed by atoms with van der Waals surface area (Å²) in [5.74, 6) is 1.08. The number of esters is 1. The highest BCUT2D eigenvalue weighted by Crippen LogP contribution is 2.42. The second-order valence-electron chi connectivity index (χ2n) is 8.04. The highest BCUT2D eigenvalue weighted by molar-refractivity contribution is 5.78. The molecule has 1 amide bonds. The molecule has 1 aromatic carbocycles. The van der Waals surface area contributed by atoms with E-state index < -0.39 is 0 Å². The van der Waals surface area contributed by atoms with E-state index in [0.29, 0.717) is 36.8 Å². The van der Waals surface area contributed by atoms with Crippen LogP contribution in [0.25, 0.3) is 0 Å². The summed E-state index contributed by atoms with van der Waals surface area (Å²) in [6.45, 7) is 2.14. The number of hydrogen-bond acceptors (Lipinski definition) is 4. The summed E-state index contributed by atoms with van der Waals surface area (Å²) < 4.78 is 4.88. The minimum absolute atomic E-state index is 0.166. The van der Waals surface area contributed by atoms with Gasteiger partial charge in [0.15, 0.2) is 0 Å². The first kappa shape index (κ1) is 17.5. The zero-order valence-electron chi connectivity index (χ0n) is 15.5. The van der Waals surface area contributed by atoms with E-state index in [1.165, 1.54) is 19.1 Å². The Morgan fingerprint density at radius 2 is 1.96 bits per heavy atom. The summed E-state index contributed by atoms with van der Waals surface area (Å²) in [6.07, 6.45) is 4.86. The highest BCUT2D eigenvalue weighted by atomic mass is 16.5. The lowest BCUT2D eigenvalue weighted by Gasteiger charge is -2.56. The van der Waals surface area contributed by atoms with Crippen LogP contribution in [0.1, 0.15) is 31.2 Å². The zero-order chi connectivity index (χ0) is 18.1. The van der Waals surface area contributed by atoms with E-state index in [2.05, 4.69) is 34.1 Å². The molecule has 0 aromatic heterocycles. The van der Waals surface area contributed by atoms with Crippen LogP contribution in [0, 0.1) is 11.8 Å². The molecule has 3 fully saturated rings. The SMILES string of the molecule is COC(=O)CN1C[C@H]2C[C@@H](C1)[C@H](Cc1ccccc1)N1C(=O)CCC[C@@H]21. The number of carbonyl (C=O) groups excluding carboxylic acids is 2. The summed E-state index contributed by atoms with van der Waals surface area (Å²) in [5.41, 5.74) is 1.29. The van der Waals surface area contributed by atoms with Gasteiger partial charge in [-0.05, 0) is 43.1 Å². The average Bonchev–Trinajstić information content (AvgIpc) is 2.66. The van der Waals surface area contributed by atoms with Crippen molar-refractivity contribution >= 4 is 11.9 Å². The third-order valence-corrected chi connectivity index (χ3v) is 6.44. The lowest BCUT2D eigenvalue weighted by molar-refractivity contribution is -0.155. The second-order valence-corrected chi connectivity index (χ2v) is 8.04. The number of nitrogens with zero attached hydrogens (tertiary/aromatic N) is 2. The molecule has 2 bridgehead atoms. The first-order chi connectivity index (χ1) is 12.7. The lowest BCUT2D eigenvalue weighted by Crippen LogP contribution is -2.65. The standard InChI is InChI=1S/C21H28N2O3/c1-26-21(25)14-22-12-16-11-17(13-22)19(10-15-6-3-2-4-7-15)23-18(16)8-5-9-20(23)24/h2-4,6-7,16-19H,5,8-14H2,1H3/t16-,17+,18+,19+/m1/s1. The van der Waals surface area contributed by atoms with Crippen molar-refractivity contribution in [2.45, 2.75) is 44.2 Å². The van der Waals surface area contributed by atoms with Gasteiger partial charge in [0.05, 0.1) is 13.7 Å². The van der Waals surface area contributed by atoms with Crippen LogP contribution in [0.5, 0.6) is 0 Å². The van der Waals surface area contributed by atoms with Crippen LogP contribution in [0.2, 0.25) is 0 Å². The Labute approximate surface area is 155 Å². The number of carbonyl (C=O) groups is 2. The van der Waals surface area contributed by atoms with Crippen molar-refractivity contribution in [3.63, 3.8) is 0 Å². The fraction of sp³-hybridized carbons (Fsp3) is 0.619. The van der Waals surface area contributed by atoms with Crippen molar-refractivity contribution in [1.82, 2.24) is 9.80 Å². The molecule has 1 aromatic rings. The van der Waals surface area contributed by atoms with Crippen molar-refractivity contribution in [2.75, 3.05) is 26.7 Å². The number of rotatable bonds is 4. The maximum Gasteiger partial charge on any atom is 0.319 e. The van der Waals surface area contributed by atoms with E-state index in [1.54, 1.807) is 0 Å². The lowest BCUT2D eigenvalue weighted by atomic mass is 9.71. The number of hydrogen-bond donors (Lipinski definition) is 0. The van der Waals surface area contributed by atoms with Crippen LogP contribution in [0.15, 0.2) is 30.3 Å². The minimum Gasteiger partial charge on any atom is -0.468 e. The summed E-state index contributed by atoms with van der Waals surface area (Å²) in [6, 6.07) is 11.1. The monoisotopic (exact) mass is 356 g/mol. The number of ether oxygens (including phenoxy) is 1. The zero-order valence-corrected chi connectivity index (χ0v) is 15.5. The van der Waals surface area contributed by atoms with Gasteiger partial charge in [-0.3, -0.25) is 14.5 Å². The predicted molar refractivity (Wildman–Crippen MR) is 98.5 cm³/mol. The van der Waals surface area contributed by atoms with E-state index in [9.17, 15) is 9.59 Å². The first-order valence-electron chi connectivity index (χ1n) is 9.80. The van der Waals surface area contributed by atoms with E-state index in [0.717, 1.165) is 32.4 Å². The molecule has 0 spiro atoms. The van der Waals surface area contributed by atoms with Crippen LogP contribution in [0.3, 0.4) is 0 Å². The van der Waals surface area contributed by atoms with Crippen molar-refractivity contribution in [1.29, 1.82) is 0 Å². The molecule has 0 N–H and O–H groups in total. The molecular weight excluding hydrogens is 328 g/mol. The van der Waals surface area contributed by atoms with Crippen molar-refractivity contribution in [3.8, 4) is 0 Å². The maximum absolute atomic E-state index is 12.8. The molecule has 5 nitrogen and oxygen atoms in total. The van der Waals surface area contributed by atoms with Crippen molar-refractivity contribution in [2.24, 2.45) is 11.8 Å². The first-order valence-corrected chi connectivity index (χ1v) is 9.80. The topological polar surface area (TPSA) is 49.9 Å². The number of methoxy groups -OCH3 is 1. The summed E-state index contributed by atoms with van der Waals surface area (Å²) in [7, 11) is 1.45. The Morgan fingerprint density at radius 3 is 2.73 bits per heavy atom. The largest absolute Gasteiger partial charge is 0.468 e. The number of benzene rings is 1. The minimum atomic E-state index is -0.166. The molecule has 3 heterocycles. The van der Waals surface area contributed by atoms with Gasteiger partial charge in [-0.25, -0.2) is 0 Å². The van der Waals surface area contributed by atoms with Gasteiger partial charge < -0.3 is 9.64 Å². The smallest absolute Gasteiger partial charge is 0.319 e. The molecule has 3 aliphatic rings. The van der Waals surface area contributed by atoms with Gasteiger partial charge in [0.1, 0.15) is 0 Å². The molecule has 3 saturated heterocycles. The Bertz CT molecular complexity index is 662. The second kappa shape index (κ2) is 7.39. The van der Waals surface area contributed by atoms with Gasteiger partial charge in [-0.15, -0.1) is 0 Å². The molecule has 3 aliphatic heterocycles. The highest BCUT2D eigenvalue weighted by Gasteiger charge is 2.49. The van der Waals surface area contributed by atoms with Crippen LogP contribution in [0.4, 0.5) is 0 Å². The summed E-state index contributed by atoms with van der Waals surface area (Å²) in [4.78, 5) is 29.1. The Morgan fingerprint density at radius 1 is 1.19 bits per heavy atom. The third-order valence-electron chi connectivity index (χ3n) is 6.44. The van der Waals surface area contributed by atoms with Gasteiger partial charge in [-0.2, -0.15) is 0 Å². The van der Waals surface area contributed by atoms with Crippen molar-refractivity contribution in [3.05, 3.63) is 35.9 Å². The number of fused-ring (bicyclic) bond motifs is 4. The van der Waals surface area contributed by atoms with Gasteiger partial charge in [0, 0.05) is 31.6 Å². The summed E-state index contributed by atoms with van der Waals surface area (Å²) >= 11 is 0. The van der Waals surface area contributed by atoms with Crippen LogP contribution < -0.4 is 0 Å². The van der Waals surface area contributed by atoms with E-state index in [1.807, 2.05) is 6.07 Å². The van der Waals surface area contributed by atoms with Gasteiger partial charge in [-0.1, -0.05) is 30.3 Å². The number of piperidine rings is 3. The van der Waals surface area contributed by atoms with Crippen LogP contribution in [-0.4, -0.2) is 60.5 Å². The number of amides is 1. The number of likely N-dealkylation sites (tertiary alicyclic amines) is 1. The maximum atomic E-state index is 12.8. The molecule has 0 radical (unpaired) electrons. The fourth-order valence-corrected chi connectivity index (χ4v) is 5.37. The molecule has 4 rings (SSSR count). The van der Waals surface area contributed by atoms with Crippen LogP contribution in [-0.2, 0) is 20.7 Å². The van der Waals surface area contributed by atoms with E-state index in [4.69, 9.17) is 4.74 Å². The van der Waals surface area contributed by atoms with Gasteiger partial charge in [0.2, 0.25) is 5.91 Å².